The zero-order chi connectivity index (χ0) is 12.2. The molecule has 0 spiro atoms. The first-order valence-electron chi connectivity index (χ1n) is 6.03. The Kier molecular flexibility index (Phi) is 4.47. The average molecular weight is 225 g/mol. The zero-order valence-corrected chi connectivity index (χ0v) is 10.8. The summed E-state index contributed by atoms with van der Waals surface area (Å²) in [5, 5.41) is 3.95. The third-order valence-corrected chi connectivity index (χ3v) is 2.69. The fraction of sp³-hybridized carbons (Fsp3) is 0.833. The molecule has 1 heterocycles. The van der Waals surface area contributed by atoms with Crippen molar-refractivity contribution < 1.29 is 4.52 Å². The van der Waals surface area contributed by atoms with Crippen LogP contribution in [0.3, 0.4) is 0 Å². The Bertz CT molecular complexity index is 314. The Morgan fingerprint density at radius 3 is 2.56 bits per heavy atom. The molecule has 1 aromatic heterocycles. The molecule has 16 heavy (non-hydrogen) atoms. The van der Waals surface area contributed by atoms with E-state index in [0.717, 1.165) is 12.8 Å². The van der Waals surface area contributed by atoms with Crippen LogP contribution in [0.5, 0.6) is 0 Å². The molecule has 0 saturated heterocycles. The molecule has 1 atom stereocenters. The van der Waals surface area contributed by atoms with Gasteiger partial charge in [-0.05, 0) is 11.8 Å². The Labute approximate surface area is 97.6 Å². The van der Waals surface area contributed by atoms with Crippen LogP contribution in [-0.2, 0) is 6.42 Å². The van der Waals surface area contributed by atoms with Crippen molar-refractivity contribution in [1.82, 2.24) is 10.1 Å². The lowest BCUT2D eigenvalue weighted by molar-refractivity contribution is 0.300. The van der Waals surface area contributed by atoms with E-state index in [0.29, 0.717) is 11.7 Å². The lowest BCUT2D eigenvalue weighted by atomic mass is 9.87. The quantitative estimate of drug-likeness (QED) is 0.782. The highest BCUT2D eigenvalue weighted by Gasteiger charge is 2.26. The number of aromatic nitrogens is 2. The number of aryl methyl sites for hydroxylation is 1. The standard InChI is InChI=1S/C12H23N3O/c1-5-6-7-8-9-14-11(15-16-9)10(13)12(2,3)4/h10H,5-8,13H2,1-4H3. The molecule has 0 fully saturated rings. The maximum Gasteiger partial charge on any atom is 0.226 e. The van der Waals surface area contributed by atoms with Crippen molar-refractivity contribution in [2.75, 3.05) is 0 Å². The van der Waals surface area contributed by atoms with Crippen LogP contribution in [-0.4, -0.2) is 10.1 Å². The normalized spacial score (nSPS) is 14.1. The van der Waals surface area contributed by atoms with E-state index in [4.69, 9.17) is 10.3 Å². The molecular weight excluding hydrogens is 202 g/mol. The van der Waals surface area contributed by atoms with Gasteiger partial charge in [-0.1, -0.05) is 45.7 Å². The van der Waals surface area contributed by atoms with Crippen molar-refractivity contribution in [3.63, 3.8) is 0 Å². The van der Waals surface area contributed by atoms with E-state index in [1.54, 1.807) is 0 Å². The molecule has 0 aliphatic rings. The Morgan fingerprint density at radius 2 is 2.00 bits per heavy atom. The van der Waals surface area contributed by atoms with Crippen LogP contribution >= 0.6 is 0 Å². The summed E-state index contributed by atoms with van der Waals surface area (Å²) >= 11 is 0. The van der Waals surface area contributed by atoms with Gasteiger partial charge in [-0.15, -0.1) is 0 Å². The first kappa shape index (κ1) is 13.2. The summed E-state index contributed by atoms with van der Waals surface area (Å²) in [5.74, 6) is 1.34. The molecular formula is C12H23N3O. The van der Waals surface area contributed by atoms with Gasteiger partial charge in [0.15, 0.2) is 5.82 Å². The number of rotatable bonds is 5. The van der Waals surface area contributed by atoms with E-state index >= 15 is 0 Å². The van der Waals surface area contributed by atoms with E-state index in [2.05, 4.69) is 37.8 Å². The van der Waals surface area contributed by atoms with E-state index in [9.17, 15) is 0 Å². The predicted octanol–water partition coefficient (Wildman–Crippen LogP) is 2.85. The smallest absolute Gasteiger partial charge is 0.226 e. The van der Waals surface area contributed by atoms with Gasteiger partial charge in [0.1, 0.15) is 0 Å². The summed E-state index contributed by atoms with van der Waals surface area (Å²) in [5.41, 5.74) is 6.02. The molecule has 4 nitrogen and oxygen atoms in total. The lowest BCUT2D eigenvalue weighted by Gasteiger charge is -2.23. The van der Waals surface area contributed by atoms with Crippen LogP contribution in [0.15, 0.2) is 4.52 Å². The van der Waals surface area contributed by atoms with Crippen molar-refractivity contribution in [3.8, 4) is 0 Å². The molecule has 1 rings (SSSR count). The molecule has 4 heteroatoms. The molecule has 0 aromatic carbocycles. The van der Waals surface area contributed by atoms with Crippen LogP contribution < -0.4 is 5.73 Å². The molecule has 2 N–H and O–H groups in total. The second-order valence-electron chi connectivity index (χ2n) is 5.35. The summed E-state index contributed by atoms with van der Waals surface area (Å²) in [7, 11) is 0. The van der Waals surface area contributed by atoms with E-state index in [1.165, 1.54) is 12.8 Å². The first-order chi connectivity index (χ1) is 7.45. The van der Waals surface area contributed by atoms with E-state index in [-0.39, 0.29) is 11.5 Å². The summed E-state index contributed by atoms with van der Waals surface area (Å²) in [6, 6.07) is -0.170. The highest BCUT2D eigenvalue weighted by Crippen LogP contribution is 2.28. The number of nitrogens with zero attached hydrogens (tertiary/aromatic N) is 2. The Balaban J connectivity index is 2.57. The van der Waals surface area contributed by atoms with Gasteiger partial charge in [0.05, 0.1) is 6.04 Å². The van der Waals surface area contributed by atoms with Gasteiger partial charge in [0.25, 0.3) is 0 Å². The van der Waals surface area contributed by atoms with Crippen molar-refractivity contribution in [2.45, 2.75) is 59.4 Å². The minimum Gasteiger partial charge on any atom is -0.339 e. The molecule has 0 aliphatic heterocycles. The van der Waals surface area contributed by atoms with Crippen LogP contribution in [0.2, 0.25) is 0 Å². The van der Waals surface area contributed by atoms with Gasteiger partial charge < -0.3 is 10.3 Å². The number of unbranched alkanes of at least 4 members (excludes halogenated alkanes) is 2. The monoisotopic (exact) mass is 225 g/mol. The van der Waals surface area contributed by atoms with E-state index < -0.39 is 0 Å². The van der Waals surface area contributed by atoms with Crippen molar-refractivity contribution in [1.29, 1.82) is 0 Å². The Morgan fingerprint density at radius 1 is 1.31 bits per heavy atom. The molecule has 0 amide bonds. The molecule has 0 radical (unpaired) electrons. The molecule has 92 valence electrons. The summed E-state index contributed by atoms with van der Waals surface area (Å²) in [6.45, 7) is 8.40. The van der Waals surface area contributed by atoms with Gasteiger partial charge in [0, 0.05) is 6.42 Å². The highest BCUT2D eigenvalue weighted by molar-refractivity contribution is 4.97. The number of hydrogen-bond donors (Lipinski definition) is 1. The fourth-order valence-electron chi connectivity index (χ4n) is 1.41. The maximum atomic E-state index is 6.06. The summed E-state index contributed by atoms with van der Waals surface area (Å²) < 4.78 is 5.19. The summed E-state index contributed by atoms with van der Waals surface area (Å²) in [4.78, 5) is 4.35. The molecule has 0 bridgehead atoms. The average Bonchev–Trinajstić information content (AvgIpc) is 2.64. The Hall–Kier alpha value is -0.900. The third kappa shape index (κ3) is 3.59. The van der Waals surface area contributed by atoms with Crippen LogP contribution in [0.4, 0.5) is 0 Å². The molecule has 1 aromatic rings. The fourth-order valence-corrected chi connectivity index (χ4v) is 1.41. The van der Waals surface area contributed by atoms with Gasteiger partial charge in [-0.3, -0.25) is 0 Å². The van der Waals surface area contributed by atoms with Crippen LogP contribution in [0.25, 0.3) is 0 Å². The van der Waals surface area contributed by atoms with Crippen molar-refractivity contribution in [3.05, 3.63) is 11.7 Å². The third-order valence-electron chi connectivity index (χ3n) is 2.69. The summed E-state index contributed by atoms with van der Waals surface area (Å²) in [6.07, 6.45) is 4.35. The van der Waals surface area contributed by atoms with E-state index in [1.807, 2.05) is 0 Å². The minimum absolute atomic E-state index is 0.0371. The lowest BCUT2D eigenvalue weighted by Crippen LogP contribution is -2.27. The van der Waals surface area contributed by atoms with Crippen LogP contribution in [0.1, 0.15) is 64.7 Å². The largest absolute Gasteiger partial charge is 0.339 e. The van der Waals surface area contributed by atoms with Gasteiger partial charge in [0.2, 0.25) is 5.89 Å². The number of nitrogens with two attached hydrogens (primary N) is 1. The predicted molar refractivity (Wildman–Crippen MR) is 63.9 cm³/mol. The van der Waals surface area contributed by atoms with Crippen LogP contribution in [0, 0.1) is 5.41 Å². The number of hydrogen-bond acceptors (Lipinski definition) is 4. The molecule has 1 unspecified atom stereocenters. The zero-order valence-electron chi connectivity index (χ0n) is 10.8. The SMILES string of the molecule is CCCCCc1nc(C(N)C(C)(C)C)no1. The minimum atomic E-state index is -0.170. The molecule has 0 saturated carbocycles. The first-order valence-corrected chi connectivity index (χ1v) is 6.03. The van der Waals surface area contributed by atoms with Gasteiger partial charge in [-0.2, -0.15) is 4.98 Å². The molecule has 0 aliphatic carbocycles. The maximum absolute atomic E-state index is 6.06. The second kappa shape index (κ2) is 5.43. The van der Waals surface area contributed by atoms with Crippen molar-refractivity contribution in [2.24, 2.45) is 11.1 Å². The van der Waals surface area contributed by atoms with Gasteiger partial charge in [-0.25, -0.2) is 0 Å². The van der Waals surface area contributed by atoms with Crippen molar-refractivity contribution >= 4 is 0 Å². The highest BCUT2D eigenvalue weighted by atomic mass is 16.5. The van der Waals surface area contributed by atoms with Gasteiger partial charge >= 0.3 is 0 Å². The second-order valence-corrected chi connectivity index (χ2v) is 5.35. The topological polar surface area (TPSA) is 64.9 Å².